The predicted octanol–water partition coefficient (Wildman–Crippen LogP) is -5.64. The fraction of sp³-hybridized carbons (Fsp3) is 1.00. The van der Waals surface area contributed by atoms with Gasteiger partial charge < -0.3 is 9.47 Å². The second-order valence-electron chi connectivity index (χ2n) is 3.80. The van der Waals surface area contributed by atoms with Crippen LogP contribution < -0.4 is 45.9 Å². The molecule has 0 aromatic heterocycles. The molecule has 2 atom stereocenters. The van der Waals surface area contributed by atoms with Crippen LogP contribution >= 0.6 is 0 Å². The van der Waals surface area contributed by atoms with Crippen LogP contribution in [0.15, 0.2) is 0 Å². The maximum absolute atomic E-state index is 5.42. The molecule has 1 heterocycles. The third-order valence-electron chi connectivity index (χ3n) is 1.88. The summed E-state index contributed by atoms with van der Waals surface area (Å²) in [5.41, 5.74) is 43.2. The van der Waals surface area contributed by atoms with E-state index < -0.39 is 29.8 Å². The average molecular weight is 222 g/mol. The zero-order valence-electron chi connectivity index (χ0n) is 8.09. The molecule has 90 valence electrons. The van der Waals surface area contributed by atoms with E-state index >= 15 is 0 Å². The molecule has 15 heavy (non-hydrogen) atoms. The number of hydrogen-bond donors (Lipinski definition) is 8. The lowest BCUT2D eigenvalue weighted by atomic mass is 10.0. The van der Waals surface area contributed by atoms with E-state index in [-0.39, 0.29) is 0 Å². The normalized spacial score (nSPS) is 32.0. The topological polar surface area (TPSA) is 227 Å². The minimum absolute atomic E-state index is 1.13. The van der Waals surface area contributed by atoms with Crippen molar-refractivity contribution in [2.75, 3.05) is 0 Å². The zero-order chi connectivity index (χ0) is 12.1. The number of ether oxygens (including phenoxy) is 2. The molecule has 1 aliphatic rings. The van der Waals surface area contributed by atoms with Crippen LogP contribution in [0.3, 0.4) is 0 Å². The third kappa shape index (κ3) is 2.79. The molecule has 0 aliphatic carbocycles. The Bertz CT molecular complexity index is 218. The van der Waals surface area contributed by atoms with Gasteiger partial charge in [-0.15, -0.1) is 0 Å². The van der Waals surface area contributed by atoms with E-state index in [9.17, 15) is 0 Å². The first kappa shape index (κ1) is 12.7. The Hall–Kier alpha value is -0.400. The summed E-state index contributed by atoms with van der Waals surface area (Å²) in [5, 5.41) is 0. The van der Waals surface area contributed by atoms with Gasteiger partial charge in [0.2, 0.25) is 0 Å². The van der Waals surface area contributed by atoms with Crippen LogP contribution in [0.5, 0.6) is 0 Å². The first-order chi connectivity index (χ1) is 6.43. The highest BCUT2D eigenvalue weighted by molar-refractivity contribution is 4.99. The van der Waals surface area contributed by atoms with Gasteiger partial charge in [-0.3, -0.25) is 45.9 Å². The van der Waals surface area contributed by atoms with Crippen molar-refractivity contribution in [3.8, 4) is 0 Å². The maximum atomic E-state index is 5.42. The number of hydrogen-bond acceptors (Lipinski definition) is 10. The molecule has 1 fully saturated rings. The second-order valence-corrected chi connectivity index (χ2v) is 3.80. The Morgan fingerprint density at radius 3 is 1.20 bits per heavy atom. The minimum Gasteiger partial charge on any atom is -0.314 e. The van der Waals surface area contributed by atoms with E-state index in [2.05, 4.69) is 0 Å². The standard InChI is InChI=1S/C5H18N8O2/c6-3(7,8)1-2(4(9,10)11)15-5(12,13)14-1/h1-2H,6-13H2. The molecule has 0 aromatic carbocycles. The van der Waals surface area contributed by atoms with Gasteiger partial charge in [0.25, 0.3) is 6.03 Å². The summed E-state index contributed by atoms with van der Waals surface area (Å²) in [6, 6.07) is -1.93. The summed E-state index contributed by atoms with van der Waals surface area (Å²) < 4.78 is 9.94. The van der Waals surface area contributed by atoms with Crippen molar-refractivity contribution < 1.29 is 9.47 Å². The summed E-state index contributed by atoms with van der Waals surface area (Å²) in [5.74, 6) is -3.57. The van der Waals surface area contributed by atoms with Crippen molar-refractivity contribution in [3.05, 3.63) is 0 Å². The van der Waals surface area contributed by atoms with Crippen LogP contribution in [-0.4, -0.2) is 29.8 Å². The minimum atomic E-state index is -1.93. The van der Waals surface area contributed by atoms with Crippen molar-refractivity contribution in [1.29, 1.82) is 0 Å². The largest absolute Gasteiger partial charge is 0.314 e. The van der Waals surface area contributed by atoms with Gasteiger partial charge in [-0.1, -0.05) is 0 Å². The third-order valence-corrected chi connectivity index (χ3v) is 1.88. The van der Waals surface area contributed by atoms with Crippen molar-refractivity contribution in [2.24, 2.45) is 45.9 Å². The SMILES string of the molecule is NC1(N)OC(C(N)(N)N)C(C(N)(N)N)O1. The first-order valence-electron chi connectivity index (χ1n) is 4.10. The van der Waals surface area contributed by atoms with Gasteiger partial charge in [0.1, 0.15) is 23.8 Å². The van der Waals surface area contributed by atoms with E-state index in [1.54, 1.807) is 0 Å². The van der Waals surface area contributed by atoms with Gasteiger partial charge >= 0.3 is 0 Å². The molecule has 1 aliphatic heterocycles. The van der Waals surface area contributed by atoms with Gasteiger partial charge in [-0.2, -0.15) is 0 Å². The Balaban J connectivity index is 2.95. The molecule has 2 unspecified atom stereocenters. The molecule has 0 aromatic rings. The van der Waals surface area contributed by atoms with Crippen LogP contribution in [-0.2, 0) is 9.47 Å². The van der Waals surface area contributed by atoms with Crippen molar-refractivity contribution >= 4 is 0 Å². The van der Waals surface area contributed by atoms with E-state index in [0.717, 1.165) is 0 Å². The lowest BCUT2D eigenvalue weighted by Gasteiger charge is -2.34. The summed E-state index contributed by atoms with van der Waals surface area (Å²) in [4.78, 5) is 0. The molecular formula is C5H18N8O2. The van der Waals surface area contributed by atoms with Crippen LogP contribution in [0.4, 0.5) is 0 Å². The van der Waals surface area contributed by atoms with Gasteiger partial charge in [-0.05, 0) is 0 Å². The highest BCUT2D eigenvalue weighted by Gasteiger charge is 2.54. The monoisotopic (exact) mass is 222 g/mol. The number of rotatable bonds is 2. The molecule has 10 heteroatoms. The Labute approximate surface area is 86.1 Å². The van der Waals surface area contributed by atoms with Gasteiger partial charge in [0, 0.05) is 0 Å². The maximum Gasteiger partial charge on any atom is 0.287 e. The molecule has 0 bridgehead atoms. The highest BCUT2D eigenvalue weighted by atomic mass is 16.8. The quantitative estimate of drug-likeness (QED) is 0.206. The van der Waals surface area contributed by atoms with Gasteiger partial charge in [0.05, 0.1) is 0 Å². The summed E-state index contributed by atoms with van der Waals surface area (Å²) in [6.45, 7) is 0. The summed E-state index contributed by atoms with van der Waals surface area (Å²) in [6.07, 6.45) is -2.26. The van der Waals surface area contributed by atoms with E-state index in [0.29, 0.717) is 0 Å². The Morgan fingerprint density at radius 1 is 0.733 bits per heavy atom. The van der Waals surface area contributed by atoms with E-state index in [1.165, 1.54) is 0 Å². The van der Waals surface area contributed by atoms with Crippen LogP contribution in [0.25, 0.3) is 0 Å². The molecule has 0 radical (unpaired) electrons. The van der Waals surface area contributed by atoms with Crippen molar-refractivity contribution in [1.82, 2.24) is 0 Å². The molecule has 0 saturated carbocycles. The van der Waals surface area contributed by atoms with Crippen LogP contribution in [0, 0.1) is 0 Å². The molecule has 1 rings (SSSR count). The molecule has 1 saturated heterocycles. The smallest absolute Gasteiger partial charge is 0.287 e. The lowest BCUT2D eigenvalue weighted by molar-refractivity contribution is -0.174. The van der Waals surface area contributed by atoms with Crippen molar-refractivity contribution in [3.63, 3.8) is 0 Å². The zero-order valence-corrected chi connectivity index (χ0v) is 8.09. The molecule has 16 N–H and O–H groups in total. The Morgan fingerprint density at radius 2 is 1.00 bits per heavy atom. The highest BCUT2D eigenvalue weighted by Crippen LogP contribution is 2.26. The predicted molar refractivity (Wildman–Crippen MR) is 51.4 cm³/mol. The summed E-state index contributed by atoms with van der Waals surface area (Å²) in [7, 11) is 0. The van der Waals surface area contributed by atoms with E-state index in [1.807, 2.05) is 0 Å². The lowest BCUT2D eigenvalue weighted by Crippen LogP contribution is -2.76. The molecule has 10 nitrogen and oxygen atoms in total. The average Bonchev–Trinajstić information content (AvgIpc) is 2.23. The Kier molecular flexibility index (Phi) is 2.78. The van der Waals surface area contributed by atoms with Crippen LogP contribution in [0.2, 0.25) is 0 Å². The number of nitrogens with two attached hydrogens (primary N) is 8. The summed E-state index contributed by atoms with van der Waals surface area (Å²) >= 11 is 0. The van der Waals surface area contributed by atoms with Gasteiger partial charge in [-0.25, -0.2) is 0 Å². The molecule has 0 amide bonds. The van der Waals surface area contributed by atoms with E-state index in [4.69, 9.17) is 55.3 Å². The molecule has 0 spiro atoms. The fourth-order valence-electron chi connectivity index (χ4n) is 1.28. The second kappa shape index (κ2) is 3.29. The first-order valence-corrected chi connectivity index (χ1v) is 4.10. The fourth-order valence-corrected chi connectivity index (χ4v) is 1.28. The van der Waals surface area contributed by atoms with Crippen LogP contribution in [0.1, 0.15) is 0 Å². The van der Waals surface area contributed by atoms with Gasteiger partial charge in [0.15, 0.2) is 0 Å². The molecular weight excluding hydrogens is 204 g/mol. The van der Waals surface area contributed by atoms with Crippen molar-refractivity contribution in [2.45, 2.75) is 29.8 Å².